The molecule has 0 aliphatic rings. The molecule has 134 valence electrons. The lowest BCUT2D eigenvalue weighted by atomic mass is 10.1. The topological polar surface area (TPSA) is 54.3 Å². The van der Waals surface area contributed by atoms with Gasteiger partial charge in [0.25, 0.3) is 0 Å². The first-order chi connectivity index (χ1) is 12.4. The van der Waals surface area contributed by atoms with E-state index in [-0.39, 0.29) is 5.91 Å². The first-order valence-electron chi connectivity index (χ1n) is 8.08. The Morgan fingerprint density at radius 2 is 1.85 bits per heavy atom. The second-order valence-corrected chi connectivity index (χ2v) is 6.77. The fourth-order valence-corrected chi connectivity index (χ4v) is 2.82. The van der Waals surface area contributed by atoms with Gasteiger partial charge in [-0.25, -0.2) is 0 Å². The third kappa shape index (κ3) is 4.40. The maximum atomic E-state index is 11.3. The van der Waals surface area contributed by atoms with E-state index in [9.17, 15) is 4.79 Å². The Morgan fingerprint density at radius 1 is 1.04 bits per heavy atom. The van der Waals surface area contributed by atoms with Gasteiger partial charge in [-0.2, -0.15) is 0 Å². The monoisotopic (exact) mass is 388 g/mol. The zero-order valence-electron chi connectivity index (χ0n) is 14.4. The number of anilines is 2. The van der Waals surface area contributed by atoms with Crippen LogP contribution in [0.2, 0.25) is 10.0 Å². The minimum Gasteiger partial charge on any atom is -0.459 e. The summed E-state index contributed by atoms with van der Waals surface area (Å²) in [6.45, 7) is 3.96. The lowest BCUT2D eigenvalue weighted by Crippen LogP contribution is -2.08. The van der Waals surface area contributed by atoms with Gasteiger partial charge in [0.1, 0.15) is 11.5 Å². The molecule has 6 heteroatoms. The first-order valence-corrected chi connectivity index (χ1v) is 8.84. The van der Waals surface area contributed by atoms with Gasteiger partial charge in [0.05, 0.1) is 16.6 Å². The highest BCUT2D eigenvalue weighted by atomic mass is 35.5. The summed E-state index contributed by atoms with van der Waals surface area (Å²) in [6, 6.07) is 15.0. The average Bonchev–Trinajstić information content (AvgIpc) is 3.06. The molecule has 1 amide bonds. The standard InChI is InChI=1S/C20H18Cl2N2O2/c1-12-3-5-15(10-19(12)24-13(2)25)23-11-16-6-8-20(26-16)14-4-7-17(21)18(22)9-14/h3-10,23H,11H2,1-2H3,(H,24,25). The lowest BCUT2D eigenvalue weighted by Gasteiger charge is -2.10. The van der Waals surface area contributed by atoms with Crippen molar-refractivity contribution in [2.45, 2.75) is 20.4 Å². The molecule has 0 atom stereocenters. The maximum Gasteiger partial charge on any atom is 0.221 e. The van der Waals surface area contributed by atoms with Crippen molar-refractivity contribution in [2.24, 2.45) is 0 Å². The van der Waals surface area contributed by atoms with Crippen molar-refractivity contribution in [1.29, 1.82) is 0 Å². The van der Waals surface area contributed by atoms with Crippen LogP contribution < -0.4 is 10.6 Å². The fourth-order valence-electron chi connectivity index (χ4n) is 2.52. The molecule has 0 saturated carbocycles. The van der Waals surface area contributed by atoms with E-state index in [1.165, 1.54) is 6.92 Å². The Kier molecular flexibility index (Phi) is 5.55. The Hall–Kier alpha value is -2.43. The summed E-state index contributed by atoms with van der Waals surface area (Å²) in [6.07, 6.45) is 0. The van der Waals surface area contributed by atoms with Crippen LogP contribution in [0.4, 0.5) is 11.4 Å². The highest BCUT2D eigenvalue weighted by Crippen LogP contribution is 2.30. The molecule has 0 aliphatic heterocycles. The Labute approximate surface area is 162 Å². The molecular weight excluding hydrogens is 371 g/mol. The van der Waals surface area contributed by atoms with Gasteiger partial charge in [-0.1, -0.05) is 29.3 Å². The molecule has 3 rings (SSSR count). The second kappa shape index (κ2) is 7.85. The van der Waals surface area contributed by atoms with Crippen LogP contribution in [0.15, 0.2) is 52.9 Å². The zero-order chi connectivity index (χ0) is 18.7. The summed E-state index contributed by atoms with van der Waals surface area (Å²) in [5, 5.41) is 7.12. The number of benzene rings is 2. The van der Waals surface area contributed by atoms with E-state index < -0.39 is 0 Å². The summed E-state index contributed by atoms with van der Waals surface area (Å²) in [5.41, 5.74) is 3.56. The van der Waals surface area contributed by atoms with Crippen LogP contribution in [0, 0.1) is 6.92 Å². The van der Waals surface area contributed by atoms with Crippen molar-refractivity contribution in [3.05, 3.63) is 69.9 Å². The van der Waals surface area contributed by atoms with Gasteiger partial charge < -0.3 is 15.1 Å². The molecule has 3 aromatic rings. The number of halogens is 2. The van der Waals surface area contributed by atoms with Crippen molar-refractivity contribution in [1.82, 2.24) is 0 Å². The van der Waals surface area contributed by atoms with Gasteiger partial charge >= 0.3 is 0 Å². The molecule has 0 bridgehead atoms. The van der Waals surface area contributed by atoms with Gasteiger partial charge in [-0.3, -0.25) is 4.79 Å². The van der Waals surface area contributed by atoms with Gasteiger partial charge in [0.15, 0.2) is 0 Å². The molecule has 2 aromatic carbocycles. The molecule has 0 aliphatic carbocycles. The maximum absolute atomic E-state index is 11.3. The van der Waals surface area contributed by atoms with Crippen LogP contribution in [0.5, 0.6) is 0 Å². The summed E-state index contributed by atoms with van der Waals surface area (Å²) in [4.78, 5) is 11.3. The van der Waals surface area contributed by atoms with Crippen LogP contribution in [-0.2, 0) is 11.3 Å². The first kappa shape index (κ1) is 18.4. The van der Waals surface area contributed by atoms with E-state index in [0.717, 1.165) is 34.0 Å². The third-order valence-corrected chi connectivity index (χ3v) is 4.62. The number of amides is 1. The molecule has 4 nitrogen and oxygen atoms in total. The molecule has 0 fully saturated rings. The predicted octanol–water partition coefficient (Wildman–Crippen LogP) is 6.13. The minimum absolute atomic E-state index is 0.0949. The number of carbonyl (C=O) groups excluding carboxylic acids is 1. The molecule has 26 heavy (non-hydrogen) atoms. The van der Waals surface area contributed by atoms with E-state index in [1.807, 2.05) is 43.3 Å². The number of carbonyl (C=O) groups is 1. The number of furan rings is 1. The van der Waals surface area contributed by atoms with Crippen molar-refractivity contribution in [2.75, 3.05) is 10.6 Å². The molecule has 1 heterocycles. The average molecular weight is 389 g/mol. The van der Waals surface area contributed by atoms with Crippen LogP contribution in [0.25, 0.3) is 11.3 Å². The van der Waals surface area contributed by atoms with Crippen LogP contribution >= 0.6 is 23.2 Å². The van der Waals surface area contributed by atoms with Crippen molar-refractivity contribution >= 4 is 40.5 Å². The number of hydrogen-bond donors (Lipinski definition) is 2. The Morgan fingerprint density at radius 3 is 2.58 bits per heavy atom. The van der Waals surface area contributed by atoms with Crippen LogP contribution in [-0.4, -0.2) is 5.91 Å². The van der Waals surface area contributed by atoms with E-state index >= 15 is 0 Å². The minimum atomic E-state index is -0.0949. The largest absolute Gasteiger partial charge is 0.459 e. The zero-order valence-corrected chi connectivity index (χ0v) is 15.9. The van der Waals surface area contributed by atoms with E-state index in [2.05, 4.69) is 10.6 Å². The molecular formula is C20H18Cl2N2O2. The van der Waals surface area contributed by atoms with Crippen molar-refractivity contribution < 1.29 is 9.21 Å². The predicted molar refractivity (Wildman–Crippen MR) is 107 cm³/mol. The summed E-state index contributed by atoms with van der Waals surface area (Å²) >= 11 is 12.0. The number of nitrogens with one attached hydrogen (secondary N) is 2. The normalized spacial score (nSPS) is 10.6. The van der Waals surface area contributed by atoms with Crippen LogP contribution in [0.3, 0.4) is 0 Å². The van der Waals surface area contributed by atoms with Gasteiger partial charge in [0, 0.05) is 23.9 Å². The molecule has 0 unspecified atom stereocenters. The SMILES string of the molecule is CC(=O)Nc1cc(NCc2ccc(-c3ccc(Cl)c(Cl)c3)o2)ccc1C. The summed E-state index contributed by atoms with van der Waals surface area (Å²) < 4.78 is 5.87. The van der Waals surface area contributed by atoms with Crippen LogP contribution in [0.1, 0.15) is 18.2 Å². The summed E-state index contributed by atoms with van der Waals surface area (Å²) in [5.74, 6) is 1.42. The Bertz CT molecular complexity index is 951. The number of aryl methyl sites for hydroxylation is 1. The van der Waals surface area contributed by atoms with Gasteiger partial charge in [0.2, 0.25) is 5.91 Å². The highest BCUT2D eigenvalue weighted by molar-refractivity contribution is 6.42. The molecule has 2 N–H and O–H groups in total. The third-order valence-electron chi connectivity index (χ3n) is 3.88. The lowest BCUT2D eigenvalue weighted by molar-refractivity contribution is -0.114. The van der Waals surface area contributed by atoms with E-state index in [1.54, 1.807) is 12.1 Å². The Balaban J connectivity index is 1.70. The highest BCUT2D eigenvalue weighted by Gasteiger charge is 2.08. The van der Waals surface area contributed by atoms with Gasteiger partial charge in [-0.15, -0.1) is 0 Å². The second-order valence-electron chi connectivity index (χ2n) is 5.96. The quantitative estimate of drug-likeness (QED) is 0.552. The fraction of sp³-hybridized carbons (Fsp3) is 0.150. The molecule has 0 saturated heterocycles. The number of rotatable bonds is 5. The number of hydrogen-bond acceptors (Lipinski definition) is 3. The summed E-state index contributed by atoms with van der Waals surface area (Å²) in [7, 11) is 0. The molecule has 0 radical (unpaired) electrons. The van der Waals surface area contributed by atoms with Gasteiger partial charge in [-0.05, 0) is 55.0 Å². The van der Waals surface area contributed by atoms with Crippen molar-refractivity contribution in [3.63, 3.8) is 0 Å². The van der Waals surface area contributed by atoms with E-state index in [0.29, 0.717) is 16.6 Å². The molecule has 0 spiro atoms. The smallest absolute Gasteiger partial charge is 0.221 e. The van der Waals surface area contributed by atoms with Crippen molar-refractivity contribution in [3.8, 4) is 11.3 Å². The molecule has 1 aromatic heterocycles. The van der Waals surface area contributed by atoms with E-state index in [4.69, 9.17) is 27.6 Å².